The van der Waals surface area contributed by atoms with Gasteiger partial charge in [0.2, 0.25) is 5.91 Å². The smallest absolute Gasteiger partial charge is 0.263 e. The number of primary amides is 1. The third kappa shape index (κ3) is 4.48. The highest BCUT2D eigenvalue weighted by Crippen LogP contribution is 2.26. The first-order valence-electron chi connectivity index (χ1n) is 8.24. The van der Waals surface area contributed by atoms with Crippen LogP contribution in [0.1, 0.15) is 12.8 Å². The van der Waals surface area contributed by atoms with E-state index in [4.69, 9.17) is 17.3 Å². The van der Waals surface area contributed by atoms with E-state index >= 15 is 0 Å². The topological polar surface area (TPSA) is 105 Å². The summed E-state index contributed by atoms with van der Waals surface area (Å²) in [4.78, 5) is 17.2. The highest BCUT2D eigenvalue weighted by atomic mass is 35.5. The second kappa shape index (κ2) is 7.69. The van der Waals surface area contributed by atoms with E-state index in [1.165, 1.54) is 12.3 Å². The zero-order chi connectivity index (χ0) is 19.6. The Balaban J connectivity index is 1.76. The number of hydrogen-bond donors (Lipinski definition) is 2. The molecule has 1 saturated heterocycles. The molecule has 3 N–H and O–H groups in total. The number of anilines is 2. The fourth-order valence-electron chi connectivity index (χ4n) is 2.94. The molecule has 1 aromatic carbocycles. The van der Waals surface area contributed by atoms with E-state index in [0.717, 1.165) is 31.5 Å². The predicted octanol–water partition coefficient (Wildman–Crippen LogP) is 2.38. The molecule has 1 aromatic heterocycles. The van der Waals surface area contributed by atoms with Crippen molar-refractivity contribution in [3.63, 3.8) is 0 Å². The molecule has 3 rings (SSSR count). The fourth-order valence-corrected chi connectivity index (χ4v) is 4.50. The monoisotopic (exact) mass is 412 g/mol. The van der Waals surface area contributed by atoms with Crippen molar-refractivity contribution < 1.29 is 17.6 Å². The Kier molecular flexibility index (Phi) is 5.52. The molecule has 1 aliphatic rings. The summed E-state index contributed by atoms with van der Waals surface area (Å²) in [5, 5.41) is -0.0840. The van der Waals surface area contributed by atoms with Crippen LogP contribution in [0.25, 0.3) is 0 Å². The minimum atomic E-state index is -4.06. The molecular weight excluding hydrogens is 395 g/mol. The van der Waals surface area contributed by atoms with Gasteiger partial charge in [0.05, 0.1) is 22.8 Å². The normalized spacial score (nSPS) is 17.6. The van der Waals surface area contributed by atoms with Crippen LogP contribution in [-0.4, -0.2) is 32.4 Å². The maximum absolute atomic E-state index is 13.4. The molecule has 0 radical (unpaired) electrons. The van der Waals surface area contributed by atoms with Crippen LogP contribution in [0.15, 0.2) is 41.4 Å². The summed E-state index contributed by atoms with van der Waals surface area (Å²) in [6, 6.07) is 6.30. The number of hydrogen-bond acceptors (Lipinski definition) is 5. The summed E-state index contributed by atoms with van der Waals surface area (Å²) in [5.74, 6) is -0.653. The molecule has 1 amide bonds. The number of piperidine rings is 1. The van der Waals surface area contributed by atoms with Crippen LogP contribution in [0, 0.1) is 11.7 Å². The van der Waals surface area contributed by atoms with Crippen LogP contribution in [-0.2, 0) is 14.8 Å². The van der Waals surface area contributed by atoms with Gasteiger partial charge in [-0.05, 0) is 43.2 Å². The quantitative estimate of drug-likeness (QED) is 0.784. The van der Waals surface area contributed by atoms with Crippen LogP contribution in [0.4, 0.5) is 15.9 Å². The average Bonchev–Trinajstić information content (AvgIpc) is 2.64. The number of carbonyl (C=O) groups is 1. The van der Waals surface area contributed by atoms with Gasteiger partial charge >= 0.3 is 0 Å². The van der Waals surface area contributed by atoms with Crippen molar-refractivity contribution in [3.8, 4) is 0 Å². The molecule has 144 valence electrons. The van der Waals surface area contributed by atoms with Crippen LogP contribution in [0.3, 0.4) is 0 Å². The van der Waals surface area contributed by atoms with Crippen molar-refractivity contribution in [2.45, 2.75) is 17.7 Å². The molecule has 1 aliphatic heterocycles. The van der Waals surface area contributed by atoms with Crippen molar-refractivity contribution in [1.82, 2.24) is 4.98 Å². The minimum absolute atomic E-state index is 0.0840. The molecule has 27 heavy (non-hydrogen) atoms. The van der Waals surface area contributed by atoms with Crippen LogP contribution >= 0.6 is 11.6 Å². The number of rotatable bonds is 5. The zero-order valence-electron chi connectivity index (χ0n) is 14.2. The van der Waals surface area contributed by atoms with Gasteiger partial charge in [-0.1, -0.05) is 11.6 Å². The number of carbonyl (C=O) groups excluding carboxylic acids is 1. The lowest BCUT2D eigenvalue weighted by Crippen LogP contribution is -2.41. The number of nitrogens with zero attached hydrogens (tertiary/aromatic N) is 2. The maximum Gasteiger partial charge on any atom is 0.263 e. The van der Waals surface area contributed by atoms with Gasteiger partial charge in [0.15, 0.2) is 0 Å². The molecule has 10 heteroatoms. The highest BCUT2D eigenvalue weighted by Gasteiger charge is 2.25. The van der Waals surface area contributed by atoms with Gasteiger partial charge < -0.3 is 10.6 Å². The Morgan fingerprint density at radius 2 is 2.11 bits per heavy atom. The Bertz CT molecular complexity index is 953. The molecule has 2 heterocycles. The van der Waals surface area contributed by atoms with E-state index in [0.29, 0.717) is 12.4 Å². The molecule has 7 nitrogen and oxygen atoms in total. The average molecular weight is 413 g/mol. The van der Waals surface area contributed by atoms with E-state index in [1.807, 2.05) is 4.90 Å². The molecule has 1 unspecified atom stereocenters. The zero-order valence-corrected chi connectivity index (χ0v) is 15.8. The third-order valence-electron chi connectivity index (χ3n) is 4.33. The molecule has 2 aromatic rings. The summed E-state index contributed by atoms with van der Waals surface area (Å²) in [5.41, 5.74) is 5.59. The lowest BCUT2D eigenvalue weighted by atomic mass is 9.97. The van der Waals surface area contributed by atoms with E-state index < -0.39 is 15.8 Å². The Morgan fingerprint density at radius 3 is 2.78 bits per heavy atom. The number of nitrogens with two attached hydrogens (primary N) is 1. The van der Waals surface area contributed by atoms with Crippen LogP contribution in [0.5, 0.6) is 0 Å². The molecule has 0 bridgehead atoms. The van der Waals surface area contributed by atoms with Crippen molar-refractivity contribution in [2.75, 3.05) is 22.7 Å². The molecular formula is C17H18ClFN4O3S. The van der Waals surface area contributed by atoms with Crippen molar-refractivity contribution in [3.05, 3.63) is 47.4 Å². The number of nitrogens with one attached hydrogen (secondary N) is 1. The van der Waals surface area contributed by atoms with Crippen LogP contribution < -0.4 is 15.4 Å². The lowest BCUT2D eigenvalue weighted by Gasteiger charge is -2.32. The van der Waals surface area contributed by atoms with Gasteiger partial charge in [0.1, 0.15) is 16.5 Å². The number of aromatic nitrogens is 1. The third-order valence-corrected chi connectivity index (χ3v) is 6.19. The predicted molar refractivity (Wildman–Crippen MR) is 101 cm³/mol. The Labute approximate surface area is 161 Å². The SMILES string of the molecule is NC(=O)C1CCCN(c2ccc(NS(=O)(=O)c3cc(F)ccc3Cl)cn2)C1. The largest absolute Gasteiger partial charge is 0.369 e. The molecule has 0 aliphatic carbocycles. The molecule has 0 spiro atoms. The number of halogens is 2. The van der Waals surface area contributed by atoms with Crippen molar-refractivity contribution >= 4 is 39.0 Å². The van der Waals surface area contributed by atoms with Gasteiger partial charge in [0, 0.05) is 13.1 Å². The summed E-state index contributed by atoms with van der Waals surface area (Å²) < 4.78 is 40.5. The highest BCUT2D eigenvalue weighted by molar-refractivity contribution is 7.92. The summed E-state index contributed by atoms with van der Waals surface area (Å²) in [6.07, 6.45) is 2.92. The van der Waals surface area contributed by atoms with E-state index in [1.54, 1.807) is 12.1 Å². The van der Waals surface area contributed by atoms with Gasteiger partial charge in [-0.15, -0.1) is 0 Å². The Morgan fingerprint density at radius 1 is 1.33 bits per heavy atom. The number of sulfonamides is 1. The molecule has 1 atom stereocenters. The van der Waals surface area contributed by atoms with Crippen molar-refractivity contribution in [2.24, 2.45) is 11.7 Å². The van der Waals surface area contributed by atoms with E-state index in [2.05, 4.69) is 9.71 Å². The molecule has 1 fully saturated rings. The summed E-state index contributed by atoms with van der Waals surface area (Å²) in [6.45, 7) is 1.22. The number of pyridine rings is 1. The lowest BCUT2D eigenvalue weighted by molar-refractivity contribution is -0.122. The number of benzene rings is 1. The van der Waals surface area contributed by atoms with Gasteiger partial charge in [-0.2, -0.15) is 0 Å². The second-order valence-corrected chi connectivity index (χ2v) is 8.33. The van der Waals surface area contributed by atoms with Gasteiger partial charge in [-0.3, -0.25) is 9.52 Å². The fraction of sp³-hybridized carbons (Fsp3) is 0.294. The van der Waals surface area contributed by atoms with Crippen molar-refractivity contribution in [1.29, 1.82) is 0 Å². The first kappa shape index (κ1) is 19.4. The standard InChI is InChI=1S/C17H18ClFN4O3S/c18-14-5-3-12(19)8-15(14)27(25,26)22-13-4-6-16(21-9-13)23-7-1-2-11(10-23)17(20)24/h3-6,8-9,11,22H,1-2,7,10H2,(H2,20,24). The summed E-state index contributed by atoms with van der Waals surface area (Å²) in [7, 11) is -4.06. The van der Waals surface area contributed by atoms with Crippen LogP contribution in [0.2, 0.25) is 5.02 Å². The minimum Gasteiger partial charge on any atom is -0.369 e. The molecule has 0 saturated carbocycles. The first-order chi connectivity index (χ1) is 12.8. The first-order valence-corrected chi connectivity index (χ1v) is 10.1. The maximum atomic E-state index is 13.4. The second-order valence-electron chi connectivity index (χ2n) is 6.27. The number of amides is 1. The van der Waals surface area contributed by atoms with Gasteiger partial charge in [0.25, 0.3) is 10.0 Å². The Hall–Kier alpha value is -2.39. The van der Waals surface area contributed by atoms with E-state index in [9.17, 15) is 17.6 Å². The van der Waals surface area contributed by atoms with Gasteiger partial charge in [-0.25, -0.2) is 17.8 Å². The summed E-state index contributed by atoms with van der Waals surface area (Å²) >= 11 is 5.87. The van der Waals surface area contributed by atoms with E-state index in [-0.39, 0.29) is 27.4 Å².